The molecule has 2 bridgehead atoms. The third kappa shape index (κ3) is 9.20. The molecule has 2 saturated heterocycles. The van der Waals surface area contributed by atoms with Gasteiger partial charge in [-0.15, -0.1) is 5.54 Å². The molecule has 0 aliphatic carbocycles. The summed E-state index contributed by atoms with van der Waals surface area (Å²) in [4.78, 5) is 39.1. The van der Waals surface area contributed by atoms with Crippen LogP contribution >= 0.6 is 0 Å². The fourth-order valence-electron chi connectivity index (χ4n) is 9.42. The first-order chi connectivity index (χ1) is 29.0. The van der Waals surface area contributed by atoms with Crippen LogP contribution in [0, 0.1) is 23.1 Å². The zero-order valence-electron chi connectivity index (χ0n) is 37.1. The number of halogens is 5. The molecule has 2 atom stereocenters. The lowest BCUT2D eigenvalue weighted by Gasteiger charge is -2.42. The number of carbonyl (C=O) groups excluding carboxylic acids is 2. The molecule has 6 rings (SSSR count). The number of piperazine rings is 1. The molecular formula is C46H55F5N4O6Si. The fraction of sp³-hybridized carbons (Fsp3) is 0.522. The number of benzene rings is 3. The molecule has 3 heterocycles. The SMILES string of the molecule is COCOc1cc(-c2c(C(C)=O)cc3c(N4C[C@H]5CC[C@@H](C4)N5C(=O)OC(C)(C)C)nc(OCC(F)(F)F)nc3c2F)c2c(C#C[Si](C(C)C)(C(C)C)C(C)C)c(F)ccc2c1. The number of anilines is 1. The summed E-state index contributed by atoms with van der Waals surface area (Å²) in [5.41, 5.74) is 2.67. The van der Waals surface area contributed by atoms with E-state index in [9.17, 15) is 22.8 Å². The third-order valence-corrected chi connectivity index (χ3v) is 18.2. The van der Waals surface area contributed by atoms with Gasteiger partial charge in [0.2, 0.25) is 0 Å². The van der Waals surface area contributed by atoms with Crippen molar-refractivity contribution in [3.05, 3.63) is 53.1 Å². The highest BCUT2D eigenvalue weighted by molar-refractivity contribution is 6.90. The largest absolute Gasteiger partial charge is 0.468 e. The van der Waals surface area contributed by atoms with Gasteiger partial charge in [0.25, 0.3) is 0 Å². The van der Waals surface area contributed by atoms with Crippen molar-refractivity contribution < 1.29 is 50.5 Å². The van der Waals surface area contributed by atoms with Crippen molar-refractivity contribution in [2.45, 2.75) is 123 Å². The Labute approximate surface area is 360 Å². The van der Waals surface area contributed by atoms with Gasteiger partial charge in [0.05, 0.1) is 17.6 Å². The number of hydrogen-bond donors (Lipinski definition) is 0. The highest BCUT2D eigenvalue weighted by Gasteiger charge is 2.46. The van der Waals surface area contributed by atoms with E-state index in [2.05, 4.69) is 63.0 Å². The molecule has 62 heavy (non-hydrogen) atoms. The number of rotatable bonds is 11. The predicted molar refractivity (Wildman–Crippen MR) is 231 cm³/mol. The monoisotopic (exact) mass is 882 g/mol. The van der Waals surface area contributed by atoms with Gasteiger partial charge in [0.15, 0.2) is 25.0 Å². The van der Waals surface area contributed by atoms with E-state index in [0.29, 0.717) is 18.2 Å². The highest BCUT2D eigenvalue weighted by atomic mass is 28.3. The van der Waals surface area contributed by atoms with Gasteiger partial charge in [-0.2, -0.15) is 23.1 Å². The van der Waals surface area contributed by atoms with Gasteiger partial charge in [-0.25, -0.2) is 13.6 Å². The van der Waals surface area contributed by atoms with Crippen LogP contribution in [0.5, 0.6) is 11.8 Å². The first-order valence-electron chi connectivity index (χ1n) is 20.9. The van der Waals surface area contributed by atoms with Crippen molar-refractivity contribution in [1.29, 1.82) is 0 Å². The Hall–Kier alpha value is -5.01. The molecule has 0 N–H and O–H groups in total. The molecular weight excluding hydrogens is 828 g/mol. The molecule has 2 aliphatic rings. The van der Waals surface area contributed by atoms with Crippen molar-refractivity contribution in [3.63, 3.8) is 0 Å². The summed E-state index contributed by atoms with van der Waals surface area (Å²) in [6, 6.07) is 5.85. The second kappa shape index (κ2) is 17.6. The number of nitrogens with zero attached hydrogens (tertiary/aromatic N) is 4. The van der Waals surface area contributed by atoms with E-state index in [4.69, 9.17) is 18.9 Å². The number of ether oxygens (including phenoxy) is 4. The topological polar surface area (TPSA) is 103 Å². The summed E-state index contributed by atoms with van der Waals surface area (Å²) in [7, 11) is -1.02. The van der Waals surface area contributed by atoms with Gasteiger partial charge < -0.3 is 23.8 Å². The van der Waals surface area contributed by atoms with Crippen LogP contribution in [0.1, 0.15) is 98.0 Å². The fourth-order valence-corrected chi connectivity index (χ4v) is 14.6. The Morgan fingerprint density at radius 3 is 2.10 bits per heavy atom. The Kier molecular flexibility index (Phi) is 13.2. The van der Waals surface area contributed by atoms with Crippen molar-refractivity contribution in [2.75, 3.05) is 38.5 Å². The number of amides is 1. The van der Waals surface area contributed by atoms with E-state index in [1.807, 2.05) is 0 Å². The summed E-state index contributed by atoms with van der Waals surface area (Å²) in [6.45, 7) is 17.7. The van der Waals surface area contributed by atoms with E-state index in [1.165, 1.54) is 38.3 Å². The number of methoxy groups -OCH3 is 1. The number of carbonyl (C=O) groups is 2. The van der Waals surface area contributed by atoms with E-state index in [0.717, 1.165) is 0 Å². The van der Waals surface area contributed by atoms with Crippen molar-refractivity contribution in [1.82, 2.24) is 14.9 Å². The summed E-state index contributed by atoms with van der Waals surface area (Å²) in [5, 5.41) is 0.666. The summed E-state index contributed by atoms with van der Waals surface area (Å²) in [6.07, 6.45) is -4.04. The van der Waals surface area contributed by atoms with Crippen LogP contribution in [0.4, 0.5) is 32.6 Å². The first-order valence-corrected chi connectivity index (χ1v) is 23.1. The number of hydrogen-bond acceptors (Lipinski definition) is 9. The number of aromatic nitrogens is 2. The molecule has 0 unspecified atom stereocenters. The molecule has 1 aromatic heterocycles. The number of fused-ring (bicyclic) bond motifs is 4. The van der Waals surface area contributed by atoms with Crippen LogP contribution < -0.4 is 14.4 Å². The Balaban J connectivity index is 1.64. The standard InChI is InChI=1S/C46H55F5N4O6Si/c1-25(2)62(26(3)4,27(5)6)17-16-33-37(47)15-12-29-18-32(60-24-58-11)19-35(38(29)33)39-34(28(7)56)20-36-41(40(39)48)52-43(59-23-46(49,50)51)53-42(36)54-21-30-13-14-31(22-54)55(30)44(57)61-45(8,9)10/h12,15,18-20,25-27,30-31H,13-14,21-24H2,1-11H3/t30-,31+. The number of alkyl halides is 3. The van der Waals surface area contributed by atoms with Crippen LogP contribution in [0.15, 0.2) is 30.3 Å². The molecule has 0 saturated carbocycles. The molecule has 10 nitrogen and oxygen atoms in total. The highest BCUT2D eigenvalue weighted by Crippen LogP contribution is 2.45. The Morgan fingerprint density at radius 2 is 1.55 bits per heavy atom. The molecule has 16 heteroatoms. The van der Waals surface area contributed by atoms with Crippen molar-refractivity contribution in [2.24, 2.45) is 0 Å². The predicted octanol–water partition coefficient (Wildman–Crippen LogP) is 11.0. The minimum absolute atomic E-state index is 0.000440. The lowest BCUT2D eigenvalue weighted by molar-refractivity contribution is -0.154. The zero-order chi connectivity index (χ0) is 45.6. The Bertz CT molecular complexity index is 2410. The van der Waals surface area contributed by atoms with Crippen LogP contribution in [-0.4, -0.2) is 92.3 Å². The normalized spacial score (nSPS) is 17.0. The average Bonchev–Trinajstić information content (AvgIpc) is 3.44. The van der Waals surface area contributed by atoms with E-state index >= 15 is 8.78 Å². The van der Waals surface area contributed by atoms with Gasteiger partial charge >= 0.3 is 18.3 Å². The molecule has 2 fully saturated rings. The maximum Gasteiger partial charge on any atom is 0.422 e. The number of Topliss-reactive ketones (excluding diaryl/α,β-unsaturated/α-hetero) is 1. The molecule has 2 aliphatic heterocycles. The number of ketones is 1. The second-order valence-corrected chi connectivity index (χ2v) is 23.7. The lowest BCUT2D eigenvalue weighted by Crippen LogP contribution is -2.57. The van der Waals surface area contributed by atoms with Gasteiger partial charge in [-0.05, 0) is 92.4 Å². The zero-order valence-corrected chi connectivity index (χ0v) is 38.1. The summed E-state index contributed by atoms with van der Waals surface area (Å²) >= 11 is 0. The van der Waals surface area contributed by atoms with Crippen molar-refractivity contribution >= 4 is 47.4 Å². The average molecular weight is 883 g/mol. The van der Waals surface area contributed by atoms with E-state index in [-0.39, 0.29) is 93.2 Å². The summed E-state index contributed by atoms with van der Waals surface area (Å²) < 4.78 is 96.7. The maximum atomic E-state index is 17.9. The first kappa shape index (κ1) is 46.5. The Morgan fingerprint density at radius 1 is 0.919 bits per heavy atom. The third-order valence-electron chi connectivity index (χ3n) is 11.9. The van der Waals surface area contributed by atoms with E-state index in [1.54, 1.807) is 36.6 Å². The lowest BCUT2D eigenvalue weighted by atomic mass is 9.89. The van der Waals surface area contributed by atoms with Crippen LogP contribution in [-0.2, 0) is 9.47 Å². The van der Waals surface area contributed by atoms with Gasteiger partial charge in [0.1, 0.15) is 36.6 Å². The molecule has 4 aromatic rings. The second-order valence-electron chi connectivity index (χ2n) is 18.2. The van der Waals surface area contributed by atoms with Gasteiger partial charge in [-0.1, -0.05) is 53.5 Å². The van der Waals surface area contributed by atoms with Gasteiger partial charge in [-0.3, -0.25) is 9.69 Å². The van der Waals surface area contributed by atoms with Gasteiger partial charge in [0, 0.05) is 42.1 Å². The van der Waals surface area contributed by atoms with Crippen LogP contribution in [0.2, 0.25) is 16.6 Å². The van der Waals surface area contributed by atoms with Crippen LogP contribution in [0.3, 0.4) is 0 Å². The summed E-state index contributed by atoms with van der Waals surface area (Å²) in [5.74, 6) is 1.15. The molecule has 3 aromatic carbocycles. The molecule has 0 radical (unpaired) electrons. The molecule has 0 spiro atoms. The van der Waals surface area contributed by atoms with E-state index < -0.39 is 61.5 Å². The molecule has 1 amide bonds. The van der Waals surface area contributed by atoms with Crippen molar-refractivity contribution in [3.8, 4) is 34.4 Å². The smallest absolute Gasteiger partial charge is 0.422 e. The minimum atomic E-state index is -4.77. The molecule has 334 valence electrons. The maximum absolute atomic E-state index is 17.9. The van der Waals surface area contributed by atoms with Crippen LogP contribution in [0.25, 0.3) is 32.8 Å². The minimum Gasteiger partial charge on any atom is -0.468 e. The quantitative estimate of drug-likeness (QED) is 0.0479.